The van der Waals surface area contributed by atoms with Gasteiger partial charge in [0.1, 0.15) is 11.9 Å². The molecule has 2 unspecified atom stereocenters. The number of amides is 1. The number of aliphatic hydroxyl groups is 1. The predicted molar refractivity (Wildman–Crippen MR) is 138 cm³/mol. The number of alkyl halides is 3. The Hall–Kier alpha value is -3.84. The molecule has 4 aliphatic rings. The predicted octanol–water partition coefficient (Wildman–Crippen LogP) is 3.52. The summed E-state index contributed by atoms with van der Waals surface area (Å²) < 4.78 is 48.1. The second-order valence-electron chi connectivity index (χ2n) is 11.2. The van der Waals surface area contributed by atoms with Gasteiger partial charge in [0.15, 0.2) is 11.5 Å². The lowest BCUT2D eigenvalue weighted by atomic mass is 9.48. The fourth-order valence-corrected chi connectivity index (χ4v) is 7.62. The van der Waals surface area contributed by atoms with Crippen molar-refractivity contribution in [3.63, 3.8) is 0 Å². The van der Waals surface area contributed by atoms with Crippen LogP contribution in [0.3, 0.4) is 0 Å². The highest BCUT2D eigenvalue weighted by atomic mass is 19.4. The Bertz CT molecular complexity index is 1480. The van der Waals surface area contributed by atoms with Crippen LogP contribution in [-0.4, -0.2) is 81.6 Å². The number of benzene rings is 2. The van der Waals surface area contributed by atoms with Crippen LogP contribution in [0.2, 0.25) is 0 Å². The Morgan fingerprint density at radius 1 is 1.32 bits per heavy atom. The molecule has 2 N–H and O–H groups in total. The summed E-state index contributed by atoms with van der Waals surface area (Å²) in [6, 6.07) is 5.33. The van der Waals surface area contributed by atoms with Crippen molar-refractivity contribution in [1.29, 1.82) is 0 Å². The van der Waals surface area contributed by atoms with Gasteiger partial charge in [0.2, 0.25) is 5.91 Å². The second kappa shape index (κ2) is 9.08. The minimum Gasteiger partial charge on any atom is -0.504 e. The van der Waals surface area contributed by atoms with Crippen LogP contribution in [0.15, 0.2) is 36.4 Å². The summed E-state index contributed by atoms with van der Waals surface area (Å²) in [6.07, 6.45) is -1.73. The first-order valence-electron chi connectivity index (χ1n) is 13.2. The lowest BCUT2D eigenvalue weighted by Gasteiger charge is -2.64. The van der Waals surface area contributed by atoms with Crippen molar-refractivity contribution in [2.75, 3.05) is 20.6 Å². The summed E-state index contributed by atoms with van der Waals surface area (Å²) >= 11 is 0. The minimum atomic E-state index is -4.85. The monoisotopic (exact) mass is 575 g/mol. The molecule has 10 nitrogen and oxygen atoms in total. The standard InChI is InChI=1S/C28H28F3N3O7/c1-32-11-10-26-23-17-13-21(32)27(26,37)9-8-18(25(26)40-24(23)20(35)14-19(17)34(38)39)33(2)22(36)7-6-15-4-3-5-16(12-15)41-28(29,30)31/h3-7,12,14,18,21,25,35,37H,8-11,13H2,1-2H3/b7-6+/t18?,21-,25?,26+,27-/m1/s1. The van der Waals surface area contributed by atoms with Gasteiger partial charge in [-0.15, -0.1) is 13.2 Å². The van der Waals surface area contributed by atoms with Crippen molar-refractivity contribution in [3.8, 4) is 17.2 Å². The van der Waals surface area contributed by atoms with Gasteiger partial charge in [-0.05, 0) is 63.0 Å². The van der Waals surface area contributed by atoms with E-state index in [-0.39, 0.29) is 23.6 Å². The molecule has 2 heterocycles. The lowest BCUT2D eigenvalue weighted by molar-refractivity contribution is -0.386. The van der Waals surface area contributed by atoms with Crippen LogP contribution in [0.4, 0.5) is 18.9 Å². The highest BCUT2D eigenvalue weighted by Crippen LogP contribution is 2.66. The molecule has 2 aliphatic carbocycles. The van der Waals surface area contributed by atoms with E-state index in [4.69, 9.17) is 4.74 Å². The smallest absolute Gasteiger partial charge is 0.504 e. The van der Waals surface area contributed by atoms with Gasteiger partial charge in [-0.1, -0.05) is 12.1 Å². The molecule has 6 rings (SSSR count). The van der Waals surface area contributed by atoms with E-state index in [1.165, 1.54) is 29.2 Å². The molecule has 1 saturated carbocycles. The fraction of sp³-hybridized carbons (Fsp3) is 0.464. The zero-order valence-corrected chi connectivity index (χ0v) is 22.2. The normalized spacial score (nSPS) is 30.0. The number of halogens is 3. The van der Waals surface area contributed by atoms with E-state index in [1.807, 2.05) is 11.9 Å². The zero-order valence-electron chi connectivity index (χ0n) is 22.2. The van der Waals surface area contributed by atoms with Crippen LogP contribution in [0.25, 0.3) is 6.08 Å². The highest BCUT2D eigenvalue weighted by Gasteiger charge is 2.74. The number of phenolic OH excluding ortho intramolecular Hbond substituents is 1. The lowest BCUT2D eigenvalue weighted by Crippen LogP contribution is -2.77. The van der Waals surface area contributed by atoms with Crippen molar-refractivity contribution in [1.82, 2.24) is 9.80 Å². The van der Waals surface area contributed by atoms with Crippen LogP contribution >= 0.6 is 0 Å². The third-order valence-electron chi connectivity index (χ3n) is 9.36. The first-order chi connectivity index (χ1) is 19.3. The number of piperidine rings is 1. The molecule has 2 bridgehead atoms. The summed E-state index contributed by atoms with van der Waals surface area (Å²) in [4.78, 5) is 28.3. The Morgan fingerprint density at radius 2 is 2.07 bits per heavy atom. The number of rotatable bonds is 5. The average Bonchev–Trinajstić information content (AvgIpc) is 3.25. The molecule has 13 heteroatoms. The van der Waals surface area contributed by atoms with Gasteiger partial charge in [0, 0.05) is 30.3 Å². The molecular formula is C28H28F3N3O7. The van der Waals surface area contributed by atoms with Crippen LogP contribution in [0.1, 0.15) is 36.0 Å². The van der Waals surface area contributed by atoms with E-state index in [1.54, 1.807) is 7.05 Å². The quantitative estimate of drug-likeness (QED) is 0.315. The van der Waals surface area contributed by atoms with Crippen LogP contribution in [0.5, 0.6) is 17.2 Å². The van der Waals surface area contributed by atoms with Crippen molar-refractivity contribution in [2.45, 2.75) is 61.2 Å². The minimum absolute atomic E-state index is 0.113. The van der Waals surface area contributed by atoms with Gasteiger partial charge >= 0.3 is 6.36 Å². The van der Waals surface area contributed by atoms with E-state index in [2.05, 4.69) is 4.74 Å². The van der Waals surface area contributed by atoms with Crippen LogP contribution in [-0.2, 0) is 16.6 Å². The molecule has 41 heavy (non-hydrogen) atoms. The third-order valence-corrected chi connectivity index (χ3v) is 9.36. The molecule has 5 atom stereocenters. The van der Waals surface area contributed by atoms with Gasteiger partial charge in [-0.3, -0.25) is 14.9 Å². The molecule has 2 aromatic carbocycles. The number of nitrogens with zero attached hydrogens (tertiary/aromatic N) is 3. The van der Waals surface area contributed by atoms with E-state index < -0.39 is 52.1 Å². The molecule has 1 saturated heterocycles. The van der Waals surface area contributed by atoms with Crippen molar-refractivity contribution in [2.24, 2.45) is 0 Å². The Balaban J connectivity index is 1.35. The topological polar surface area (TPSA) is 126 Å². The summed E-state index contributed by atoms with van der Waals surface area (Å²) in [7, 11) is 3.45. The number of likely N-dealkylation sites (tertiary alicyclic amines) is 1. The Labute approximate surface area is 232 Å². The number of carbonyl (C=O) groups excluding carboxylic acids is 1. The number of ether oxygens (including phenoxy) is 2. The average molecular weight is 576 g/mol. The van der Waals surface area contributed by atoms with Crippen LogP contribution in [0, 0.1) is 10.1 Å². The number of hydrogen-bond acceptors (Lipinski definition) is 8. The Kier molecular flexibility index (Phi) is 6.05. The fourth-order valence-electron chi connectivity index (χ4n) is 7.62. The van der Waals surface area contributed by atoms with Gasteiger partial charge in [-0.2, -0.15) is 0 Å². The van der Waals surface area contributed by atoms with Gasteiger partial charge in [-0.25, -0.2) is 0 Å². The summed E-state index contributed by atoms with van der Waals surface area (Å²) in [5.74, 6) is -1.13. The third kappa shape index (κ3) is 3.96. The van der Waals surface area contributed by atoms with E-state index in [0.29, 0.717) is 42.5 Å². The number of nitro benzene ring substituents is 1. The maximum absolute atomic E-state index is 13.3. The molecule has 2 fully saturated rings. The van der Waals surface area contributed by atoms with Gasteiger partial charge in [0.25, 0.3) is 5.69 Å². The zero-order chi connectivity index (χ0) is 29.5. The summed E-state index contributed by atoms with van der Waals surface area (Å²) in [5, 5.41) is 35.1. The number of likely N-dealkylation sites (N-methyl/N-ethyl adjacent to an activating group) is 2. The second-order valence-corrected chi connectivity index (χ2v) is 11.2. The van der Waals surface area contributed by atoms with Crippen molar-refractivity contribution >= 4 is 17.7 Å². The number of aromatic hydroxyl groups is 1. The first-order valence-corrected chi connectivity index (χ1v) is 13.2. The van der Waals surface area contributed by atoms with Crippen molar-refractivity contribution in [3.05, 3.63) is 63.2 Å². The van der Waals surface area contributed by atoms with E-state index in [0.717, 1.165) is 18.2 Å². The van der Waals surface area contributed by atoms with E-state index >= 15 is 0 Å². The van der Waals surface area contributed by atoms with Gasteiger partial charge < -0.3 is 29.5 Å². The Morgan fingerprint density at radius 3 is 2.78 bits per heavy atom. The summed E-state index contributed by atoms with van der Waals surface area (Å²) in [6.45, 7) is 0.579. The summed E-state index contributed by atoms with van der Waals surface area (Å²) in [5.41, 5.74) is -1.40. The number of nitro groups is 1. The number of phenols is 1. The number of hydrogen-bond donors (Lipinski definition) is 2. The maximum atomic E-state index is 13.3. The SMILES string of the molecule is CN(C(=O)/C=C/c1cccc(OC(F)(F)F)c1)C1CC[C@@]2(O)[C@H]3Cc4c([N+](=O)[O-])cc(O)c5c4[C@@]2(CCN3C)C1O5. The van der Waals surface area contributed by atoms with Crippen molar-refractivity contribution < 1.29 is 42.6 Å². The highest BCUT2D eigenvalue weighted by molar-refractivity contribution is 5.92. The molecule has 0 radical (unpaired) electrons. The molecule has 1 amide bonds. The largest absolute Gasteiger partial charge is 0.573 e. The molecule has 1 spiro atoms. The molecule has 2 aromatic rings. The molecule has 0 aromatic heterocycles. The number of carbonyl (C=O) groups is 1. The van der Waals surface area contributed by atoms with Gasteiger partial charge in [0.05, 0.1) is 28.0 Å². The maximum Gasteiger partial charge on any atom is 0.573 e. The van der Waals surface area contributed by atoms with Crippen LogP contribution < -0.4 is 9.47 Å². The molecule has 2 aliphatic heterocycles. The first kappa shape index (κ1) is 27.3. The molecule has 218 valence electrons. The van der Waals surface area contributed by atoms with E-state index in [9.17, 15) is 38.3 Å². The molecular weight excluding hydrogens is 547 g/mol.